The summed E-state index contributed by atoms with van der Waals surface area (Å²) in [4.78, 5) is 23.8. The summed E-state index contributed by atoms with van der Waals surface area (Å²) >= 11 is 0. The Hall–Kier alpha value is -1.10. The van der Waals surface area contributed by atoms with E-state index in [9.17, 15) is 14.7 Å². The van der Waals surface area contributed by atoms with Gasteiger partial charge in [-0.1, -0.05) is 0 Å². The van der Waals surface area contributed by atoms with Gasteiger partial charge in [0.2, 0.25) is 11.8 Å². The van der Waals surface area contributed by atoms with Gasteiger partial charge in [-0.05, 0) is 19.8 Å². The molecule has 1 fully saturated rings. The van der Waals surface area contributed by atoms with Crippen LogP contribution in [0.3, 0.4) is 0 Å². The lowest BCUT2D eigenvalue weighted by atomic mass is 9.95. The Kier molecular flexibility index (Phi) is 3.68. The summed E-state index contributed by atoms with van der Waals surface area (Å²) in [6.45, 7) is 4.13. The third-order valence-electron chi connectivity index (χ3n) is 2.52. The van der Waals surface area contributed by atoms with Gasteiger partial charge in [-0.25, -0.2) is 0 Å². The molecule has 1 heterocycles. The summed E-state index contributed by atoms with van der Waals surface area (Å²) < 4.78 is 0. The molecule has 2 N–H and O–H groups in total. The van der Waals surface area contributed by atoms with Crippen LogP contribution in [0.1, 0.15) is 26.7 Å². The number of rotatable bonds is 2. The molecule has 1 aliphatic rings. The molecule has 2 amide bonds. The maximum Gasteiger partial charge on any atom is 0.242 e. The van der Waals surface area contributed by atoms with Crippen molar-refractivity contribution in [3.63, 3.8) is 0 Å². The van der Waals surface area contributed by atoms with E-state index in [2.05, 4.69) is 5.32 Å². The second-order valence-electron chi connectivity index (χ2n) is 4.33. The summed E-state index contributed by atoms with van der Waals surface area (Å²) in [6, 6.07) is 0. The van der Waals surface area contributed by atoms with E-state index in [1.54, 1.807) is 11.8 Å². The molecular formula is C10H18N2O3. The molecule has 1 aliphatic heterocycles. The zero-order valence-electron chi connectivity index (χ0n) is 9.25. The van der Waals surface area contributed by atoms with Crippen LogP contribution in [0.2, 0.25) is 0 Å². The number of likely N-dealkylation sites (tertiary alicyclic amines) is 1. The summed E-state index contributed by atoms with van der Waals surface area (Å²) in [7, 11) is 0. The normalized spacial score (nSPS) is 26.2. The topological polar surface area (TPSA) is 69.6 Å². The van der Waals surface area contributed by atoms with Gasteiger partial charge in [0.1, 0.15) is 0 Å². The zero-order valence-corrected chi connectivity index (χ0v) is 9.25. The summed E-state index contributed by atoms with van der Waals surface area (Å²) in [5, 5.41) is 12.2. The summed E-state index contributed by atoms with van der Waals surface area (Å²) in [5.41, 5.74) is -0.788. The third kappa shape index (κ3) is 3.87. The van der Waals surface area contributed by atoms with Gasteiger partial charge in [0.25, 0.3) is 0 Å². The highest BCUT2D eigenvalue weighted by Crippen LogP contribution is 2.19. The van der Waals surface area contributed by atoms with Crippen LogP contribution in [0.15, 0.2) is 0 Å². The van der Waals surface area contributed by atoms with Gasteiger partial charge in [-0.2, -0.15) is 0 Å². The smallest absolute Gasteiger partial charge is 0.242 e. The number of carbonyl (C=O) groups excluding carboxylic acids is 2. The maximum atomic E-state index is 11.6. The lowest BCUT2D eigenvalue weighted by Crippen LogP contribution is -2.51. The molecule has 1 atom stereocenters. The SMILES string of the molecule is CC(=O)NCC(=O)N1CCCC(C)(O)C1. The number of piperidine rings is 1. The molecular weight excluding hydrogens is 196 g/mol. The van der Waals surface area contributed by atoms with Crippen molar-refractivity contribution in [2.75, 3.05) is 19.6 Å². The highest BCUT2D eigenvalue weighted by atomic mass is 16.3. The van der Waals surface area contributed by atoms with Crippen LogP contribution in [0.5, 0.6) is 0 Å². The fourth-order valence-electron chi connectivity index (χ4n) is 1.74. The van der Waals surface area contributed by atoms with Crippen molar-refractivity contribution >= 4 is 11.8 Å². The van der Waals surface area contributed by atoms with Crippen LogP contribution in [0.4, 0.5) is 0 Å². The fourth-order valence-corrected chi connectivity index (χ4v) is 1.74. The maximum absolute atomic E-state index is 11.6. The number of β-amino-alcohol motifs (C(OH)–C–C–N with tert-alkyl or cyclic N) is 1. The molecule has 0 aromatic carbocycles. The van der Waals surface area contributed by atoms with Crippen molar-refractivity contribution in [1.29, 1.82) is 0 Å². The van der Waals surface area contributed by atoms with E-state index in [1.807, 2.05) is 0 Å². The molecule has 15 heavy (non-hydrogen) atoms. The van der Waals surface area contributed by atoms with Crippen LogP contribution in [-0.4, -0.2) is 47.1 Å². The standard InChI is InChI=1S/C10H18N2O3/c1-8(13)11-6-9(14)12-5-3-4-10(2,15)7-12/h15H,3-7H2,1-2H3,(H,11,13). The Balaban J connectivity index is 2.42. The van der Waals surface area contributed by atoms with E-state index in [-0.39, 0.29) is 18.4 Å². The first-order valence-corrected chi connectivity index (χ1v) is 5.15. The minimum atomic E-state index is -0.788. The van der Waals surface area contributed by atoms with Gasteiger partial charge in [0.15, 0.2) is 0 Å². The van der Waals surface area contributed by atoms with Crippen molar-refractivity contribution in [3.8, 4) is 0 Å². The molecule has 0 aliphatic carbocycles. The van der Waals surface area contributed by atoms with Crippen molar-refractivity contribution in [2.24, 2.45) is 0 Å². The molecule has 0 aromatic heterocycles. The van der Waals surface area contributed by atoms with E-state index in [0.29, 0.717) is 13.1 Å². The average Bonchev–Trinajstić information content (AvgIpc) is 2.12. The van der Waals surface area contributed by atoms with Gasteiger partial charge in [0, 0.05) is 20.0 Å². The number of hydrogen-bond donors (Lipinski definition) is 2. The molecule has 0 spiro atoms. The summed E-state index contributed by atoms with van der Waals surface area (Å²) in [6.07, 6.45) is 1.52. The third-order valence-corrected chi connectivity index (χ3v) is 2.52. The second-order valence-corrected chi connectivity index (χ2v) is 4.33. The highest BCUT2D eigenvalue weighted by Gasteiger charge is 2.30. The molecule has 5 heteroatoms. The Labute approximate surface area is 89.4 Å². The Bertz CT molecular complexity index is 263. The number of carbonyl (C=O) groups is 2. The first-order valence-electron chi connectivity index (χ1n) is 5.15. The molecule has 0 radical (unpaired) electrons. The molecule has 0 aromatic rings. The van der Waals surface area contributed by atoms with Crippen molar-refractivity contribution in [3.05, 3.63) is 0 Å². The van der Waals surface area contributed by atoms with Crippen molar-refractivity contribution in [1.82, 2.24) is 10.2 Å². The van der Waals surface area contributed by atoms with Crippen molar-refractivity contribution in [2.45, 2.75) is 32.3 Å². The monoisotopic (exact) mass is 214 g/mol. The van der Waals surface area contributed by atoms with Crippen LogP contribution in [0.25, 0.3) is 0 Å². The van der Waals surface area contributed by atoms with E-state index >= 15 is 0 Å². The number of nitrogens with one attached hydrogen (secondary N) is 1. The molecule has 1 rings (SSSR count). The molecule has 5 nitrogen and oxygen atoms in total. The van der Waals surface area contributed by atoms with E-state index in [4.69, 9.17) is 0 Å². The van der Waals surface area contributed by atoms with E-state index in [1.165, 1.54) is 6.92 Å². The lowest BCUT2D eigenvalue weighted by molar-refractivity contribution is -0.137. The largest absolute Gasteiger partial charge is 0.388 e. The number of aliphatic hydroxyl groups is 1. The quantitative estimate of drug-likeness (QED) is 0.651. The second kappa shape index (κ2) is 4.61. The van der Waals surface area contributed by atoms with Crippen LogP contribution in [0, 0.1) is 0 Å². The van der Waals surface area contributed by atoms with Gasteiger partial charge in [-0.3, -0.25) is 9.59 Å². The summed E-state index contributed by atoms with van der Waals surface area (Å²) in [5.74, 6) is -0.350. The molecule has 0 bridgehead atoms. The first kappa shape index (κ1) is 12.0. The first-order chi connectivity index (χ1) is 6.91. The molecule has 0 saturated carbocycles. The van der Waals surface area contributed by atoms with E-state index in [0.717, 1.165) is 12.8 Å². The lowest BCUT2D eigenvalue weighted by Gasteiger charge is -2.36. The highest BCUT2D eigenvalue weighted by molar-refractivity contribution is 5.83. The van der Waals surface area contributed by atoms with Crippen LogP contribution >= 0.6 is 0 Å². The zero-order chi connectivity index (χ0) is 11.5. The predicted molar refractivity (Wildman–Crippen MR) is 55.1 cm³/mol. The number of nitrogens with zero attached hydrogens (tertiary/aromatic N) is 1. The minimum absolute atomic E-state index is 0.0193. The van der Waals surface area contributed by atoms with Crippen LogP contribution < -0.4 is 5.32 Å². The Morgan fingerprint density at radius 3 is 2.73 bits per heavy atom. The predicted octanol–water partition coefficient (Wildman–Crippen LogP) is -0.504. The van der Waals surface area contributed by atoms with E-state index < -0.39 is 5.60 Å². The molecule has 86 valence electrons. The van der Waals surface area contributed by atoms with Gasteiger partial charge in [0.05, 0.1) is 12.1 Å². The van der Waals surface area contributed by atoms with Crippen LogP contribution in [-0.2, 0) is 9.59 Å². The number of hydrogen-bond acceptors (Lipinski definition) is 3. The van der Waals surface area contributed by atoms with Crippen molar-refractivity contribution < 1.29 is 14.7 Å². The van der Waals surface area contributed by atoms with Gasteiger partial charge < -0.3 is 15.3 Å². The fraction of sp³-hybridized carbons (Fsp3) is 0.800. The van der Waals surface area contributed by atoms with Gasteiger partial charge in [-0.15, -0.1) is 0 Å². The Morgan fingerprint density at radius 1 is 1.53 bits per heavy atom. The minimum Gasteiger partial charge on any atom is -0.388 e. The molecule has 1 saturated heterocycles. The van der Waals surface area contributed by atoms with Gasteiger partial charge >= 0.3 is 0 Å². The average molecular weight is 214 g/mol. The number of amides is 2. The molecule has 1 unspecified atom stereocenters. The Morgan fingerprint density at radius 2 is 2.20 bits per heavy atom.